The number of carbonyl (C=O) groups is 8. The van der Waals surface area contributed by atoms with Crippen LogP contribution >= 0.6 is 23.2 Å². The summed E-state index contributed by atoms with van der Waals surface area (Å²) in [6.07, 6.45) is 0.0906. The molecule has 27 nitrogen and oxygen atoms in total. The van der Waals surface area contributed by atoms with Crippen molar-refractivity contribution in [2.24, 2.45) is 0 Å². The third-order valence-corrected chi connectivity index (χ3v) is 18.2. The van der Waals surface area contributed by atoms with Gasteiger partial charge in [-0.15, -0.1) is 0 Å². The highest BCUT2D eigenvalue weighted by Gasteiger charge is 2.40. The molecule has 2 saturated heterocycles. The molecule has 29 heteroatoms. The fourth-order valence-electron chi connectivity index (χ4n) is 12.9. The van der Waals surface area contributed by atoms with Crippen molar-refractivity contribution in [3.63, 3.8) is 0 Å². The Hall–Kier alpha value is -9.35. The van der Waals surface area contributed by atoms with Crippen LogP contribution in [0.1, 0.15) is 66.2 Å². The van der Waals surface area contributed by atoms with Crippen molar-refractivity contribution in [2.75, 3.05) is 137 Å². The van der Waals surface area contributed by atoms with Crippen molar-refractivity contribution >= 4 is 76.6 Å². The van der Waals surface area contributed by atoms with Gasteiger partial charge in [0.25, 0.3) is 5.91 Å². The van der Waals surface area contributed by atoms with Crippen molar-refractivity contribution in [1.29, 1.82) is 0 Å². The third kappa shape index (κ3) is 18.9. The number of fused-ring (bicyclic) bond motifs is 6. The summed E-state index contributed by atoms with van der Waals surface area (Å²) in [7, 11) is 1.54. The molecule has 6 aromatic rings. The molecule has 2 fully saturated rings. The summed E-state index contributed by atoms with van der Waals surface area (Å²) in [5, 5.41) is 48.6. The average molecular weight is 1400 g/mol. The maximum Gasteiger partial charge on any atom is 0.407 e. The average Bonchev–Trinajstić information content (AvgIpc) is 1.65. The zero-order chi connectivity index (χ0) is 70.3. The van der Waals surface area contributed by atoms with Gasteiger partial charge in [0, 0.05) is 123 Å². The van der Waals surface area contributed by atoms with E-state index in [1.165, 1.54) is 7.11 Å². The maximum absolute atomic E-state index is 14.5. The number of aromatic nitrogens is 2. The number of hydrogen-bond donors (Lipinski definition) is 8. The summed E-state index contributed by atoms with van der Waals surface area (Å²) in [6.45, 7) is 6.13. The van der Waals surface area contributed by atoms with Crippen LogP contribution in [0.5, 0.6) is 11.5 Å². The van der Waals surface area contributed by atoms with Gasteiger partial charge >= 0.3 is 30.0 Å². The van der Waals surface area contributed by atoms with E-state index in [1.54, 1.807) is 66.7 Å². The monoisotopic (exact) mass is 1400 g/mol. The number of carboxylic acids is 3. The number of aliphatic carboxylic acids is 3. The summed E-state index contributed by atoms with van der Waals surface area (Å²) in [6, 6.07) is 29.9. The number of methoxy groups -OCH3 is 1. The Balaban J connectivity index is 0.772. The highest BCUT2D eigenvalue weighted by Crippen LogP contribution is 2.48. The first-order valence-electron chi connectivity index (χ1n) is 32.8. The van der Waals surface area contributed by atoms with Gasteiger partial charge in [0.15, 0.2) is 5.69 Å². The summed E-state index contributed by atoms with van der Waals surface area (Å²) >= 11 is 13.1. The molecule has 3 aliphatic heterocycles. The first-order chi connectivity index (χ1) is 47.6. The minimum Gasteiger partial charge on any atom is -0.496 e. The molecule has 0 saturated carbocycles. The summed E-state index contributed by atoms with van der Waals surface area (Å²) in [5.74, 6) is -3.66. The molecule has 0 bridgehead atoms. The van der Waals surface area contributed by atoms with Gasteiger partial charge in [-0.25, -0.2) is 14.3 Å². The molecule has 1 aliphatic carbocycles. The van der Waals surface area contributed by atoms with Crippen LogP contribution in [0, 0.1) is 0 Å². The number of morpholine rings is 1. The molecule has 1 atom stereocenters. The van der Waals surface area contributed by atoms with Crippen LogP contribution in [0.25, 0.3) is 39.2 Å². The number of carboxylic acid groups (broad SMARTS) is 3. The van der Waals surface area contributed by atoms with E-state index in [1.807, 2.05) is 79.4 Å². The van der Waals surface area contributed by atoms with E-state index in [0.29, 0.717) is 93.5 Å². The van der Waals surface area contributed by atoms with Crippen LogP contribution in [-0.4, -0.2) is 241 Å². The fraction of sp³-hybridized carbons (Fsp3) is 0.414. The zero-order valence-electron chi connectivity index (χ0n) is 55.4. The van der Waals surface area contributed by atoms with Crippen LogP contribution in [-0.2, 0) is 40.1 Å². The lowest BCUT2D eigenvalue weighted by Gasteiger charge is -2.41. The highest BCUT2D eigenvalue weighted by atomic mass is 35.5. The normalized spacial score (nSPS) is 16.2. The molecule has 5 aromatic carbocycles. The SMILES string of the molecule is COc1cc2c(cc1-c1cccc(NC(=O)NCCNC(=O)[C@@H](CCCCNC(=O)CN3CCN(CC(=O)O)CCN(CC(=O)O)CCN(CC(=O)O)CC3)NC(=O)OCC3c4ccccc4-c4ccccc43)c1)-c1c(c(C(=O)N3CCOCC3(C)C)nn1-c1cc(Cl)cc(Cl)c1)CO2. The van der Waals surface area contributed by atoms with E-state index in [9.17, 15) is 53.7 Å². The molecule has 8 N–H and O–H groups in total. The molecule has 10 rings (SSSR count). The second-order valence-electron chi connectivity index (χ2n) is 25.3. The van der Waals surface area contributed by atoms with E-state index in [4.69, 9.17) is 47.2 Å². The van der Waals surface area contributed by atoms with Crippen molar-refractivity contribution in [2.45, 2.75) is 57.2 Å². The highest BCUT2D eigenvalue weighted by molar-refractivity contribution is 6.35. The minimum atomic E-state index is -1.09. The quantitative estimate of drug-likeness (QED) is 0.0281. The van der Waals surface area contributed by atoms with E-state index in [2.05, 4.69) is 26.6 Å². The lowest BCUT2D eigenvalue weighted by atomic mass is 9.95. The second-order valence-corrected chi connectivity index (χ2v) is 26.2. The maximum atomic E-state index is 14.5. The molecule has 99 heavy (non-hydrogen) atoms. The Morgan fingerprint density at radius 2 is 1.25 bits per heavy atom. The number of rotatable bonds is 25. The number of nitrogens with one attached hydrogen (secondary N) is 5. The Bertz CT molecular complexity index is 3870. The molecule has 0 radical (unpaired) electrons. The van der Waals surface area contributed by atoms with Crippen LogP contribution in [0.4, 0.5) is 15.3 Å². The summed E-state index contributed by atoms with van der Waals surface area (Å²) in [4.78, 5) is 113. The number of anilines is 1. The number of unbranched alkanes of at least 4 members (excludes halogenated alkanes) is 1. The second kappa shape index (κ2) is 33.5. The number of ether oxygens (including phenoxy) is 4. The summed E-state index contributed by atoms with van der Waals surface area (Å²) < 4.78 is 25.5. The van der Waals surface area contributed by atoms with Crippen LogP contribution in [0.15, 0.2) is 103 Å². The number of nitrogens with zero attached hydrogens (tertiary/aromatic N) is 7. The molecular formula is C70H82Cl2N12O15. The molecule has 6 amide bonds. The van der Waals surface area contributed by atoms with Crippen LogP contribution in [0.3, 0.4) is 0 Å². The predicted molar refractivity (Wildman–Crippen MR) is 369 cm³/mol. The van der Waals surface area contributed by atoms with E-state index in [-0.39, 0.29) is 141 Å². The van der Waals surface area contributed by atoms with Crippen LogP contribution in [0.2, 0.25) is 10.0 Å². The Morgan fingerprint density at radius 1 is 0.657 bits per heavy atom. The largest absolute Gasteiger partial charge is 0.496 e. The van der Waals surface area contributed by atoms with Crippen molar-refractivity contribution < 1.29 is 72.6 Å². The number of benzene rings is 5. The topological polar surface area (TPSA) is 328 Å². The Labute approximate surface area is 582 Å². The molecular weight excluding hydrogens is 1320 g/mol. The van der Waals surface area contributed by atoms with E-state index < -0.39 is 47.5 Å². The molecule has 4 aliphatic rings. The van der Waals surface area contributed by atoms with Crippen LogP contribution < -0.4 is 36.1 Å². The van der Waals surface area contributed by atoms with Crippen molar-refractivity contribution in [3.8, 4) is 50.7 Å². The lowest BCUT2D eigenvalue weighted by molar-refractivity contribution is -0.140. The molecule has 0 spiro atoms. The van der Waals surface area contributed by atoms with Gasteiger partial charge in [-0.2, -0.15) is 5.10 Å². The van der Waals surface area contributed by atoms with E-state index in [0.717, 1.165) is 22.3 Å². The van der Waals surface area contributed by atoms with Gasteiger partial charge in [-0.05, 0) is 97.3 Å². The van der Waals surface area contributed by atoms with Gasteiger partial charge in [-0.3, -0.25) is 48.4 Å². The van der Waals surface area contributed by atoms with Gasteiger partial charge in [0.1, 0.15) is 30.8 Å². The third-order valence-electron chi connectivity index (χ3n) is 17.8. The van der Waals surface area contributed by atoms with Gasteiger partial charge in [0.05, 0.1) is 63.4 Å². The Kier molecular flexibility index (Phi) is 24.5. The fourth-order valence-corrected chi connectivity index (χ4v) is 13.4. The molecule has 526 valence electrons. The van der Waals surface area contributed by atoms with Gasteiger partial charge in [-0.1, -0.05) is 83.9 Å². The van der Waals surface area contributed by atoms with Crippen molar-refractivity contribution in [1.82, 2.24) is 55.5 Å². The first-order valence-corrected chi connectivity index (χ1v) is 33.6. The first kappa shape index (κ1) is 72.4. The number of halogens is 2. The molecule has 1 aromatic heterocycles. The van der Waals surface area contributed by atoms with Gasteiger partial charge < -0.3 is 65.8 Å². The Morgan fingerprint density at radius 3 is 1.85 bits per heavy atom. The molecule has 4 heterocycles. The van der Waals surface area contributed by atoms with Gasteiger partial charge in [0.2, 0.25) is 11.8 Å². The lowest BCUT2D eigenvalue weighted by Crippen LogP contribution is -2.55. The number of urea groups is 1. The van der Waals surface area contributed by atoms with E-state index >= 15 is 0 Å². The summed E-state index contributed by atoms with van der Waals surface area (Å²) in [5.41, 5.74) is 7.68. The number of amides is 6. The number of hydrogen-bond acceptors (Lipinski definition) is 17. The zero-order valence-corrected chi connectivity index (χ0v) is 56.9. The predicted octanol–water partition coefficient (Wildman–Crippen LogP) is 6.57. The minimum absolute atomic E-state index is 0.00256. The standard InChI is InChI=1S/C70H82Cl2N12O15/c1-70(2)43-97-30-29-83(70)67(93)64-56-42-98-59-36-58(96-3)53(35-54(59)65(56)84(78-64)48-33-45(71)32-46(72)34-48)44-11-10-12-47(31-44)76-68(94)75-20-19-74-66(92)57(77-69(95)99-41-55-51-15-6-4-13-49(51)50-14-5-7-16-52(50)55)17-8-9-18-73-60(85)37-79-21-23-80(38-61(86)87)25-27-82(40-63(90)91)28-26-81(24-22-79)39-62(88)89/h4-7,10-16,31-36,55,57H,8-9,17-30,37-43H2,1-3H3,(H,73,85)(H,74,92)(H,77,95)(H,86,87)(H,88,89)(H,90,91)(H2,75,76,94)/t57-/m1/s1. The van der Waals surface area contributed by atoms with Crippen molar-refractivity contribution in [3.05, 3.63) is 136 Å². The number of carbonyl (C=O) groups excluding carboxylic acids is 5. The smallest absolute Gasteiger partial charge is 0.407 e. The molecule has 0 unspecified atom stereocenters. The number of alkyl carbamates (subject to hydrolysis) is 1.